The Morgan fingerprint density at radius 2 is 1.78 bits per heavy atom. The van der Waals surface area contributed by atoms with E-state index in [4.69, 9.17) is 21.1 Å². The Kier molecular flexibility index (Phi) is 6.09. The van der Waals surface area contributed by atoms with Crippen LogP contribution < -0.4 is 9.47 Å². The number of halogens is 2. The zero-order valence-corrected chi connectivity index (χ0v) is 15.8. The van der Waals surface area contributed by atoms with Crippen LogP contribution in [0, 0.1) is 12.7 Å². The first-order valence-electron chi connectivity index (χ1n) is 8.40. The van der Waals surface area contributed by atoms with Gasteiger partial charge in [0.2, 0.25) is 0 Å². The second-order valence-corrected chi connectivity index (χ2v) is 6.45. The highest BCUT2D eigenvalue weighted by atomic mass is 35.5. The lowest BCUT2D eigenvalue weighted by Crippen LogP contribution is -1.98. The Labute approximate surface area is 163 Å². The fraction of sp³-hybridized carbons (Fsp3) is 0.136. The number of hydrogen-bond acceptors (Lipinski definition) is 3. The Bertz CT molecular complexity index is 955. The smallest absolute Gasteiger partial charge is 0.161 e. The van der Waals surface area contributed by atoms with Gasteiger partial charge < -0.3 is 9.47 Å². The van der Waals surface area contributed by atoms with E-state index in [0.29, 0.717) is 23.1 Å². The molecule has 138 valence electrons. The Morgan fingerprint density at radius 3 is 2.52 bits per heavy atom. The number of rotatable bonds is 6. The van der Waals surface area contributed by atoms with Gasteiger partial charge in [-0.3, -0.25) is 4.99 Å². The van der Waals surface area contributed by atoms with E-state index >= 15 is 0 Å². The maximum atomic E-state index is 13.0. The van der Waals surface area contributed by atoms with Gasteiger partial charge in [0.15, 0.2) is 11.5 Å². The third kappa shape index (κ3) is 5.08. The molecule has 3 aromatic carbocycles. The molecule has 0 amide bonds. The van der Waals surface area contributed by atoms with E-state index in [2.05, 4.69) is 4.99 Å². The molecule has 0 spiro atoms. The summed E-state index contributed by atoms with van der Waals surface area (Å²) in [6.07, 6.45) is 1.75. The molecule has 0 radical (unpaired) electrons. The van der Waals surface area contributed by atoms with E-state index in [9.17, 15) is 4.39 Å². The van der Waals surface area contributed by atoms with Crippen molar-refractivity contribution in [2.24, 2.45) is 4.99 Å². The van der Waals surface area contributed by atoms with Crippen molar-refractivity contribution in [2.75, 3.05) is 7.11 Å². The van der Waals surface area contributed by atoms with E-state index in [1.165, 1.54) is 12.1 Å². The fourth-order valence-corrected chi connectivity index (χ4v) is 2.66. The van der Waals surface area contributed by atoms with E-state index in [1.807, 2.05) is 43.3 Å². The zero-order chi connectivity index (χ0) is 19.2. The summed E-state index contributed by atoms with van der Waals surface area (Å²) >= 11 is 6.03. The van der Waals surface area contributed by atoms with Gasteiger partial charge in [-0.15, -0.1) is 0 Å². The van der Waals surface area contributed by atoms with Crippen LogP contribution in [0.3, 0.4) is 0 Å². The average molecular weight is 384 g/mol. The van der Waals surface area contributed by atoms with Crippen molar-refractivity contribution in [3.63, 3.8) is 0 Å². The highest BCUT2D eigenvalue weighted by molar-refractivity contribution is 6.30. The molecule has 0 N–H and O–H groups in total. The first-order chi connectivity index (χ1) is 13.0. The predicted molar refractivity (Wildman–Crippen MR) is 107 cm³/mol. The molecule has 0 aliphatic carbocycles. The first kappa shape index (κ1) is 18.9. The van der Waals surface area contributed by atoms with Crippen LogP contribution in [0.2, 0.25) is 5.02 Å². The molecule has 0 atom stereocenters. The molecule has 0 saturated heterocycles. The molecule has 0 saturated carbocycles. The minimum atomic E-state index is -0.269. The largest absolute Gasteiger partial charge is 0.493 e. The maximum absolute atomic E-state index is 13.0. The fourth-order valence-electron chi connectivity index (χ4n) is 2.49. The summed E-state index contributed by atoms with van der Waals surface area (Å²) in [4.78, 5) is 4.50. The summed E-state index contributed by atoms with van der Waals surface area (Å²) in [5.74, 6) is 0.941. The molecule has 0 aliphatic rings. The van der Waals surface area contributed by atoms with Crippen LogP contribution in [0.25, 0.3) is 0 Å². The van der Waals surface area contributed by atoms with E-state index in [1.54, 1.807) is 25.5 Å². The average Bonchev–Trinajstić information content (AvgIpc) is 2.68. The molecule has 0 aromatic heterocycles. The molecule has 3 nitrogen and oxygen atoms in total. The van der Waals surface area contributed by atoms with E-state index < -0.39 is 0 Å². The van der Waals surface area contributed by atoms with Crippen molar-refractivity contribution in [2.45, 2.75) is 13.5 Å². The molecule has 0 aliphatic heterocycles. The van der Waals surface area contributed by atoms with Crippen LogP contribution >= 0.6 is 11.6 Å². The van der Waals surface area contributed by atoms with Gasteiger partial charge in [-0.25, -0.2) is 4.39 Å². The second kappa shape index (κ2) is 8.69. The molecule has 0 bridgehead atoms. The lowest BCUT2D eigenvalue weighted by Gasteiger charge is -2.11. The van der Waals surface area contributed by atoms with Gasteiger partial charge >= 0.3 is 0 Å². The van der Waals surface area contributed by atoms with Gasteiger partial charge in [0.25, 0.3) is 0 Å². The molecule has 27 heavy (non-hydrogen) atoms. The van der Waals surface area contributed by atoms with E-state index in [-0.39, 0.29) is 5.82 Å². The van der Waals surface area contributed by atoms with Crippen molar-refractivity contribution >= 4 is 23.5 Å². The number of ether oxygens (including phenoxy) is 2. The van der Waals surface area contributed by atoms with Crippen LogP contribution in [-0.2, 0) is 6.61 Å². The highest BCUT2D eigenvalue weighted by Crippen LogP contribution is 2.29. The number of aryl methyl sites for hydroxylation is 1. The van der Waals surface area contributed by atoms with Crippen LogP contribution in [0.15, 0.2) is 65.7 Å². The minimum Gasteiger partial charge on any atom is -0.493 e. The van der Waals surface area contributed by atoms with Gasteiger partial charge in [0.05, 0.1) is 12.8 Å². The van der Waals surface area contributed by atoms with Gasteiger partial charge in [-0.05, 0) is 66.1 Å². The Hall–Kier alpha value is -2.85. The summed E-state index contributed by atoms with van der Waals surface area (Å²) in [5, 5.41) is 0.648. The quantitative estimate of drug-likeness (QED) is 0.479. The Morgan fingerprint density at radius 1 is 1.00 bits per heavy atom. The topological polar surface area (TPSA) is 30.8 Å². The molecular weight excluding hydrogens is 365 g/mol. The van der Waals surface area contributed by atoms with Crippen LogP contribution in [-0.4, -0.2) is 13.3 Å². The standard InChI is InChI=1S/C22H19ClFNO2/c1-15-3-7-18(23)12-20(15)25-13-17-6-10-21(22(11-17)26-2)27-14-16-4-8-19(24)9-5-16/h3-13H,14H2,1-2H3. The first-order valence-corrected chi connectivity index (χ1v) is 8.78. The summed E-state index contributed by atoms with van der Waals surface area (Å²) in [6.45, 7) is 2.31. The van der Waals surface area contributed by atoms with Crippen molar-refractivity contribution in [1.82, 2.24) is 0 Å². The van der Waals surface area contributed by atoms with Crippen LogP contribution in [0.4, 0.5) is 10.1 Å². The molecular formula is C22H19ClFNO2. The number of methoxy groups -OCH3 is 1. The minimum absolute atomic E-state index is 0.269. The molecule has 0 fully saturated rings. The number of nitrogens with zero attached hydrogens (tertiary/aromatic N) is 1. The maximum Gasteiger partial charge on any atom is 0.161 e. The SMILES string of the molecule is COc1cc(C=Nc2cc(Cl)ccc2C)ccc1OCc1ccc(F)cc1. The number of benzene rings is 3. The molecule has 0 heterocycles. The van der Waals surface area contributed by atoms with Gasteiger partial charge in [-0.2, -0.15) is 0 Å². The summed E-state index contributed by atoms with van der Waals surface area (Å²) in [6, 6.07) is 17.4. The lowest BCUT2D eigenvalue weighted by atomic mass is 10.2. The van der Waals surface area contributed by atoms with Crippen molar-refractivity contribution in [3.8, 4) is 11.5 Å². The highest BCUT2D eigenvalue weighted by Gasteiger charge is 2.06. The number of hydrogen-bond donors (Lipinski definition) is 0. The monoisotopic (exact) mass is 383 g/mol. The van der Waals surface area contributed by atoms with E-state index in [0.717, 1.165) is 22.4 Å². The Balaban J connectivity index is 1.74. The van der Waals surface area contributed by atoms with Gasteiger partial charge in [-0.1, -0.05) is 29.8 Å². The second-order valence-electron chi connectivity index (χ2n) is 6.01. The molecule has 3 aromatic rings. The van der Waals surface area contributed by atoms with Crippen molar-refractivity contribution in [1.29, 1.82) is 0 Å². The van der Waals surface area contributed by atoms with Crippen molar-refractivity contribution < 1.29 is 13.9 Å². The predicted octanol–water partition coefficient (Wildman–Crippen LogP) is 6.13. The summed E-state index contributed by atoms with van der Waals surface area (Å²) < 4.78 is 24.2. The number of aliphatic imine (C=N–C) groups is 1. The molecule has 3 rings (SSSR count). The van der Waals surface area contributed by atoms with Crippen LogP contribution in [0.1, 0.15) is 16.7 Å². The third-order valence-corrected chi connectivity index (χ3v) is 4.25. The molecule has 0 unspecified atom stereocenters. The summed E-state index contributed by atoms with van der Waals surface area (Å²) in [5.41, 5.74) is 3.61. The van der Waals surface area contributed by atoms with Crippen molar-refractivity contribution in [3.05, 3.63) is 88.2 Å². The summed E-state index contributed by atoms with van der Waals surface area (Å²) in [7, 11) is 1.59. The zero-order valence-electron chi connectivity index (χ0n) is 15.1. The van der Waals surface area contributed by atoms with Gasteiger partial charge in [0, 0.05) is 11.2 Å². The normalized spacial score (nSPS) is 11.0. The van der Waals surface area contributed by atoms with Gasteiger partial charge in [0.1, 0.15) is 12.4 Å². The third-order valence-electron chi connectivity index (χ3n) is 4.02. The lowest BCUT2D eigenvalue weighted by molar-refractivity contribution is 0.284. The molecule has 5 heteroatoms. The van der Waals surface area contributed by atoms with Crippen LogP contribution in [0.5, 0.6) is 11.5 Å².